The minimum absolute atomic E-state index is 0.0477. The quantitative estimate of drug-likeness (QED) is 0.128. The van der Waals surface area contributed by atoms with E-state index in [1.807, 2.05) is 85.8 Å². The van der Waals surface area contributed by atoms with Gasteiger partial charge < -0.3 is 9.64 Å². The number of benzene rings is 3. The highest BCUT2D eigenvalue weighted by molar-refractivity contribution is 6.05. The van der Waals surface area contributed by atoms with E-state index >= 15 is 0 Å². The average Bonchev–Trinajstić information content (AvgIpc) is 3.71. The summed E-state index contributed by atoms with van der Waals surface area (Å²) in [7, 11) is 0. The van der Waals surface area contributed by atoms with E-state index in [1.165, 1.54) is 0 Å². The van der Waals surface area contributed by atoms with Crippen LogP contribution in [0.5, 0.6) is 5.75 Å². The minimum Gasteiger partial charge on any atom is -0.487 e. The average molecular weight is 555 g/mol. The largest absolute Gasteiger partial charge is 0.487 e. The van der Waals surface area contributed by atoms with Gasteiger partial charge in [0.2, 0.25) is 0 Å². The number of aryl methyl sites for hydroxylation is 1. The van der Waals surface area contributed by atoms with Gasteiger partial charge in [0.05, 0.1) is 12.2 Å². The standard InChI is InChI=1S/C35H30N4O3/c1-25-11-17-30(18-12-25)39-32(21-13-26-7-3-2-4-8-26)34(35(39)41)38-23-29(36-37-38)24-42-31-19-15-28(16-20-31)33(40)22-14-27-9-5-6-10-27/h2-5,7-23,32,34H,6,24H2,1H3/b21-13+,22-14+/t32-,34?/m1/s1. The Morgan fingerprint density at radius 3 is 2.52 bits per heavy atom. The van der Waals surface area contributed by atoms with Crippen molar-refractivity contribution in [2.45, 2.75) is 32.0 Å². The van der Waals surface area contributed by atoms with Gasteiger partial charge in [0.25, 0.3) is 5.91 Å². The first kappa shape index (κ1) is 26.9. The monoisotopic (exact) mass is 554 g/mol. The van der Waals surface area contributed by atoms with Gasteiger partial charge in [0, 0.05) is 11.3 Å². The SMILES string of the molecule is Cc1ccc(N2C(=O)C(n3cc(COc4ccc(C(=O)/C=C/C5=CCC=C5)cc4)nn3)[C@H]2/C=C/c2ccccc2)cc1. The van der Waals surface area contributed by atoms with E-state index in [-0.39, 0.29) is 24.3 Å². The van der Waals surface area contributed by atoms with E-state index < -0.39 is 6.04 Å². The zero-order valence-corrected chi connectivity index (χ0v) is 23.2. The molecule has 0 spiro atoms. The van der Waals surface area contributed by atoms with E-state index in [1.54, 1.807) is 46.1 Å². The van der Waals surface area contributed by atoms with Crippen LogP contribution in [0.4, 0.5) is 5.69 Å². The second-order valence-electron chi connectivity index (χ2n) is 10.3. The molecular weight excluding hydrogens is 524 g/mol. The van der Waals surface area contributed by atoms with Gasteiger partial charge >= 0.3 is 0 Å². The first-order valence-electron chi connectivity index (χ1n) is 13.9. The molecule has 0 bridgehead atoms. The van der Waals surface area contributed by atoms with Gasteiger partial charge in [-0.1, -0.05) is 89.7 Å². The molecule has 2 heterocycles. The Morgan fingerprint density at radius 2 is 1.79 bits per heavy atom. The lowest BCUT2D eigenvalue weighted by atomic mass is 9.92. The van der Waals surface area contributed by atoms with Crippen molar-refractivity contribution < 1.29 is 14.3 Å². The summed E-state index contributed by atoms with van der Waals surface area (Å²) in [5.41, 5.74) is 5.26. The molecule has 6 rings (SSSR count). The third-order valence-electron chi connectivity index (χ3n) is 7.31. The third kappa shape index (κ3) is 5.90. The predicted molar refractivity (Wildman–Crippen MR) is 163 cm³/mol. The summed E-state index contributed by atoms with van der Waals surface area (Å²) < 4.78 is 7.52. The van der Waals surface area contributed by atoms with Crippen LogP contribution in [0.3, 0.4) is 0 Å². The maximum Gasteiger partial charge on any atom is 0.255 e. The van der Waals surface area contributed by atoms with Crippen molar-refractivity contribution in [2.24, 2.45) is 0 Å². The summed E-state index contributed by atoms with van der Waals surface area (Å²) in [6.07, 6.45) is 16.3. The molecule has 1 aliphatic carbocycles. The molecule has 1 unspecified atom stereocenters. The Balaban J connectivity index is 1.12. The summed E-state index contributed by atoms with van der Waals surface area (Å²) in [6.45, 7) is 2.20. The molecule has 4 aromatic rings. The molecule has 0 N–H and O–H groups in total. The van der Waals surface area contributed by atoms with Crippen LogP contribution in [-0.2, 0) is 11.4 Å². The van der Waals surface area contributed by atoms with E-state index in [9.17, 15) is 9.59 Å². The van der Waals surface area contributed by atoms with Gasteiger partial charge in [-0.3, -0.25) is 9.59 Å². The van der Waals surface area contributed by atoms with Crippen molar-refractivity contribution in [1.82, 2.24) is 15.0 Å². The van der Waals surface area contributed by atoms with E-state index in [0.717, 1.165) is 28.8 Å². The Hall–Kier alpha value is -5.30. The number of ketones is 1. The van der Waals surface area contributed by atoms with Crippen LogP contribution in [0.15, 0.2) is 127 Å². The molecule has 1 saturated heterocycles. The van der Waals surface area contributed by atoms with E-state index in [4.69, 9.17) is 4.74 Å². The number of aromatic nitrogens is 3. The number of ether oxygens (including phenoxy) is 1. The number of nitrogens with zero attached hydrogens (tertiary/aromatic N) is 4. The number of allylic oxidation sites excluding steroid dienone is 6. The van der Waals surface area contributed by atoms with Crippen LogP contribution in [0, 0.1) is 6.92 Å². The summed E-state index contributed by atoms with van der Waals surface area (Å²) in [6, 6.07) is 24.2. The number of anilines is 1. The third-order valence-corrected chi connectivity index (χ3v) is 7.31. The molecule has 1 aliphatic heterocycles. The fraction of sp³-hybridized carbons (Fsp3) is 0.143. The van der Waals surface area contributed by atoms with Crippen molar-refractivity contribution in [1.29, 1.82) is 0 Å². The minimum atomic E-state index is -0.513. The van der Waals surface area contributed by atoms with Crippen LogP contribution in [0.1, 0.15) is 39.6 Å². The van der Waals surface area contributed by atoms with Crippen molar-refractivity contribution >= 4 is 23.5 Å². The lowest BCUT2D eigenvalue weighted by molar-refractivity contribution is -0.128. The fourth-order valence-corrected chi connectivity index (χ4v) is 4.99. The highest BCUT2D eigenvalue weighted by Gasteiger charge is 2.48. The van der Waals surface area contributed by atoms with Gasteiger partial charge in [0.1, 0.15) is 18.1 Å². The second-order valence-corrected chi connectivity index (χ2v) is 10.3. The molecular formula is C35H30N4O3. The summed E-state index contributed by atoms with van der Waals surface area (Å²) >= 11 is 0. The van der Waals surface area contributed by atoms with Crippen LogP contribution >= 0.6 is 0 Å². The van der Waals surface area contributed by atoms with Crippen LogP contribution in [0.25, 0.3) is 6.08 Å². The van der Waals surface area contributed by atoms with Crippen molar-refractivity contribution in [2.75, 3.05) is 4.90 Å². The number of carbonyl (C=O) groups excluding carboxylic acids is 2. The summed E-state index contributed by atoms with van der Waals surface area (Å²) in [4.78, 5) is 27.7. The van der Waals surface area contributed by atoms with Gasteiger partial charge in [-0.15, -0.1) is 5.10 Å². The number of carbonyl (C=O) groups is 2. The fourth-order valence-electron chi connectivity index (χ4n) is 4.99. The molecule has 7 nitrogen and oxygen atoms in total. The van der Waals surface area contributed by atoms with Gasteiger partial charge in [-0.2, -0.15) is 0 Å². The first-order chi connectivity index (χ1) is 20.5. The number of β-lactam (4-membered cyclic amide) rings is 1. The zero-order valence-electron chi connectivity index (χ0n) is 23.2. The van der Waals surface area contributed by atoms with E-state index in [2.05, 4.69) is 22.5 Å². The smallest absolute Gasteiger partial charge is 0.255 e. The Morgan fingerprint density at radius 1 is 1.00 bits per heavy atom. The second kappa shape index (κ2) is 12.1. The van der Waals surface area contributed by atoms with Crippen molar-refractivity contribution in [3.8, 4) is 5.75 Å². The first-order valence-corrected chi connectivity index (χ1v) is 13.9. The molecule has 208 valence electrons. The molecule has 1 fully saturated rings. The highest BCUT2D eigenvalue weighted by Crippen LogP contribution is 2.37. The van der Waals surface area contributed by atoms with Gasteiger partial charge in [-0.25, -0.2) is 4.68 Å². The Labute approximate surface area is 244 Å². The molecule has 1 amide bonds. The molecule has 7 heteroatoms. The number of hydrogen-bond donors (Lipinski definition) is 0. The maximum atomic E-state index is 13.4. The molecule has 1 aromatic heterocycles. The van der Waals surface area contributed by atoms with Crippen molar-refractivity contribution in [3.05, 3.63) is 149 Å². The van der Waals surface area contributed by atoms with Crippen LogP contribution in [-0.4, -0.2) is 32.7 Å². The number of amides is 1. The molecule has 2 atom stereocenters. The van der Waals surface area contributed by atoms with Gasteiger partial charge in [-0.05, 0) is 67.0 Å². The van der Waals surface area contributed by atoms with E-state index in [0.29, 0.717) is 17.0 Å². The summed E-state index contributed by atoms with van der Waals surface area (Å²) in [5, 5.41) is 8.54. The molecule has 42 heavy (non-hydrogen) atoms. The van der Waals surface area contributed by atoms with Crippen LogP contribution in [0.2, 0.25) is 0 Å². The number of hydrogen-bond acceptors (Lipinski definition) is 5. The van der Waals surface area contributed by atoms with Crippen molar-refractivity contribution in [3.63, 3.8) is 0 Å². The molecule has 0 radical (unpaired) electrons. The highest BCUT2D eigenvalue weighted by atomic mass is 16.5. The van der Waals surface area contributed by atoms with Gasteiger partial charge in [0.15, 0.2) is 11.8 Å². The lowest BCUT2D eigenvalue weighted by Gasteiger charge is -2.45. The molecule has 0 saturated carbocycles. The Kier molecular flexibility index (Phi) is 7.72. The normalized spacial score (nSPS) is 18.1. The summed E-state index contributed by atoms with van der Waals surface area (Å²) in [5.74, 6) is 0.500. The lowest BCUT2D eigenvalue weighted by Crippen LogP contribution is -2.61. The van der Waals surface area contributed by atoms with Crippen LogP contribution < -0.4 is 9.64 Å². The predicted octanol–water partition coefficient (Wildman–Crippen LogP) is 6.46. The molecule has 2 aliphatic rings. The number of rotatable bonds is 10. The Bertz CT molecular complexity index is 1700. The maximum absolute atomic E-state index is 13.4. The molecule has 3 aromatic carbocycles. The topological polar surface area (TPSA) is 77.3 Å². The zero-order chi connectivity index (χ0) is 28.9.